The zero-order valence-corrected chi connectivity index (χ0v) is 15.4. The van der Waals surface area contributed by atoms with Crippen LogP contribution in [-0.4, -0.2) is 43.2 Å². The Kier molecular flexibility index (Phi) is 3.16. The van der Waals surface area contributed by atoms with E-state index >= 15 is 0 Å². The van der Waals surface area contributed by atoms with Crippen LogP contribution in [-0.2, 0) is 0 Å². The topological polar surface area (TPSA) is 18.5 Å². The van der Waals surface area contributed by atoms with Crippen molar-refractivity contribution in [2.24, 2.45) is 0 Å². The number of hydrogen-bond donors (Lipinski definition) is 0. The van der Waals surface area contributed by atoms with E-state index in [-0.39, 0.29) is 0 Å². The molecule has 0 fully saturated rings. The Morgan fingerprint density at radius 3 is 2.33 bits per heavy atom. The summed E-state index contributed by atoms with van der Waals surface area (Å²) < 4.78 is 15.4. The molecule has 21 heavy (non-hydrogen) atoms. The minimum absolute atomic E-state index is 0.442. The molecule has 0 N–H and O–H groups in total. The Bertz CT molecular complexity index is 979. The van der Waals surface area contributed by atoms with Crippen LogP contribution in [0.25, 0.3) is 27.8 Å². The molecule has 0 amide bonds. The Labute approximate surface area is 134 Å². The molecule has 4 aromatic rings. The van der Waals surface area contributed by atoms with Crippen molar-refractivity contribution in [3.63, 3.8) is 0 Å². The summed E-state index contributed by atoms with van der Waals surface area (Å²) in [5.74, 6) is 1.98. The van der Waals surface area contributed by atoms with Crippen LogP contribution in [0.15, 0.2) is 30.3 Å². The quantitative estimate of drug-likeness (QED) is 0.472. The molecule has 0 aliphatic heterocycles. The summed E-state index contributed by atoms with van der Waals surface area (Å²) in [6.07, 6.45) is 0. The molecule has 0 bridgehead atoms. The molecule has 0 saturated carbocycles. The van der Waals surface area contributed by atoms with E-state index in [4.69, 9.17) is 9.47 Å². The average molecular weight is 408 g/mol. The molecule has 0 aliphatic rings. The molecule has 0 aliphatic carbocycles. The van der Waals surface area contributed by atoms with Crippen LogP contribution in [0.2, 0.25) is 0 Å². The summed E-state index contributed by atoms with van der Waals surface area (Å²) >= 11 is 0.886. The zero-order valence-electron chi connectivity index (χ0n) is 12.0. The van der Waals surface area contributed by atoms with Crippen molar-refractivity contribution in [3.8, 4) is 11.5 Å². The van der Waals surface area contributed by atoms with Gasteiger partial charge in [-0.3, -0.25) is 0 Å². The number of rotatable bonds is 2. The fourth-order valence-electron chi connectivity index (χ4n) is 2.78. The van der Waals surface area contributed by atoms with Crippen molar-refractivity contribution in [1.29, 1.82) is 0 Å². The maximum atomic E-state index is 5.47. The van der Waals surface area contributed by atoms with Crippen LogP contribution in [0.5, 0.6) is 11.5 Å². The van der Waals surface area contributed by atoms with Gasteiger partial charge in [-0.1, -0.05) is 0 Å². The number of hydrogen-bond acceptors (Lipinski definition) is 2. The van der Waals surface area contributed by atoms with Crippen LogP contribution >= 0.6 is 0 Å². The molecule has 4 rings (SSSR count). The Balaban J connectivity index is 2.11. The first-order valence-electron chi connectivity index (χ1n) is 6.68. The van der Waals surface area contributed by atoms with Crippen molar-refractivity contribution in [1.82, 2.24) is 0 Å². The van der Waals surface area contributed by atoms with E-state index in [0.717, 1.165) is 11.5 Å². The third kappa shape index (κ3) is 1.98. The maximum absolute atomic E-state index is 5.47. The molecule has 2 aromatic carbocycles. The van der Waals surface area contributed by atoms with Gasteiger partial charge in [0.15, 0.2) is 0 Å². The summed E-state index contributed by atoms with van der Waals surface area (Å²) in [5.41, 5.74) is 1.22. The van der Waals surface area contributed by atoms with Gasteiger partial charge in [0.2, 0.25) is 0 Å². The Hall–Kier alpha value is -1.18. The van der Waals surface area contributed by atoms with Gasteiger partial charge in [0.1, 0.15) is 0 Å². The van der Waals surface area contributed by atoms with Gasteiger partial charge in [-0.15, -0.1) is 0 Å². The molecule has 4 heteroatoms. The first-order valence-corrected chi connectivity index (χ1v) is 10.1. The number of benzene rings is 2. The number of methoxy groups -OCH3 is 2. The molecule has 0 saturated heterocycles. The normalized spacial score (nSPS) is 11.6. The van der Waals surface area contributed by atoms with Crippen molar-refractivity contribution < 1.29 is 9.47 Å². The second-order valence-electron chi connectivity index (χ2n) is 5.05. The van der Waals surface area contributed by atoms with E-state index in [1.165, 1.54) is 30.2 Å². The van der Waals surface area contributed by atoms with Crippen LogP contribution in [0.3, 0.4) is 0 Å². The zero-order chi connectivity index (χ0) is 14.6. The van der Waals surface area contributed by atoms with Crippen molar-refractivity contribution in [2.75, 3.05) is 14.2 Å². The Morgan fingerprint density at radius 1 is 0.857 bits per heavy atom. The van der Waals surface area contributed by atoms with Gasteiger partial charge in [0.05, 0.1) is 0 Å². The molecule has 106 valence electrons. The summed E-state index contributed by atoms with van der Waals surface area (Å²) in [6.45, 7) is 2.12. The summed E-state index contributed by atoms with van der Waals surface area (Å²) in [6, 6.07) is 11.0. The van der Waals surface area contributed by atoms with E-state index in [1.807, 2.05) is 0 Å². The van der Waals surface area contributed by atoms with E-state index in [2.05, 4.69) is 37.3 Å². The summed E-state index contributed by atoms with van der Waals surface area (Å²) in [4.78, 5) is 0. The third-order valence-electron chi connectivity index (χ3n) is 3.83. The van der Waals surface area contributed by atoms with E-state index in [1.54, 1.807) is 17.4 Å². The van der Waals surface area contributed by atoms with Crippen LogP contribution in [0, 0.1) is 6.92 Å². The van der Waals surface area contributed by atoms with Gasteiger partial charge >= 0.3 is 135 Å². The predicted molar refractivity (Wildman–Crippen MR) is 90.7 cm³/mol. The van der Waals surface area contributed by atoms with Gasteiger partial charge < -0.3 is 0 Å². The average Bonchev–Trinajstić information content (AvgIpc) is 3.00. The summed E-state index contributed by atoms with van der Waals surface area (Å²) in [5, 5.41) is 4.33. The van der Waals surface area contributed by atoms with E-state index < -0.39 is 0 Å². The van der Waals surface area contributed by atoms with Crippen LogP contribution in [0.1, 0.15) is 5.56 Å². The fraction of sp³-hybridized carbons (Fsp3) is 0.176. The molecule has 2 aromatic heterocycles. The SMILES string of the molecule is COc1ccc2c(c1)[se]c1[se]c3cc(OC)c(C)cc3c12. The molecule has 0 radical (unpaired) electrons. The van der Waals surface area contributed by atoms with Crippen molar-refractivity contribution in [2.45, 2.75) is 6.92 Å². The molecule has 2 nitrogen and oxygen atoms in total. The van der Waals surface area contributed by atoms with Crippen molar-refractivity contribution in [3.05, 3.63) is 35.9 Å². The standard InChI is InChI=1S/C17H14O2Se2/c1-9-6-12-15(8-13(9)19-3)21-17-16(12)11-5-4-10(18-2)7-14(11)20-17/h4-8H,1-3H3. The molecule has 0 unspecified atom stereocenters. The van der Waals surface area contributed by atoms with Gasteiger partial charge in [-0.05, 0) is 0 Å². The first-order chi connectivity index (χ1) is 10.2. The van der Waals surface area contributed by atoms with E-state index in [9.17, 15) is 0 Å². The second kappa shape index (κ2) is 4.93. The molecule has 2 heterocycles. The van der Waals surface area contributed by atoms with E-state index in [0.29, 0.717) is 29.0 Å². The van der Waals surface area contributed by atoms with Gasteiger partial charge in [-0.2, -0.15) is 0 Å². The fourth-order valence-corrected chi connectivity index (χ4v) is 9.34. The molecular formula is C17H14O2Se2. The monoisotopic (exact) mass is 410 g/mol. The number of ether oxygens (including phenoxy) is 2. The molecule has 0 atom stereocenters. The molecular weight excluding hydrogens is 394 g/mol. The van der Waals surface area contributed by atoms with Crippen molar-refractivity contribution >= 4 is 56.8 Å². The number of fused-ring (bicyclic) bond motifs is 5. The summed E-state index contributed by atoms with van der Waals surface area (Å²) in [7, 11) is 3.49. The van der Waals surface area contributed by atoms with Gasteiger partial charge in [0, 0.05) is 0 Å². The third-order valence-corrected chi connectivity index (χ3v) is 9.63. The first kappa shape index (κ1) is 13.5. The van der Waals surface area contributed by atoms with Gasteiger partial charge in [-0.25, -0.2) is 0 Å². The second-order valence-corrected chi connectivity index (χ2v) is 10.8. The predicted octanol–water partition coefficient (Wildman–Crippen LogP) is 3.59. The van der Waals surface area contributed by atoms with Crippen LogP contribution in [0.4, 0.5) is 0 Å². The molecule has 0 spiro atoms. The minimum atomic E-state index is 0.442. The van der Waals surface area contributed by atoms with Gasteiger partial charge in [0.25, 0.3) is 0 Å². The number of aryl methyl sites for hydroxylation is 1. The van der Waals surface area contributed by atoms with Crippen LogP contribution < -0.4 is 9.47 Å². The Morgan fingerprint density at radius 2 is 1.62 bits per heavy atom.